The lowest BCUT2D eigenvalue weighted by molar-refractivity contribution is -0.140. The van der Waals surface area contributed by atoms with Crippen LogP contribution in [0.1, 0.15) is 41.8 Å². The maximum atomic E-state index is 14.2. The smallest absolute Gasteiger partial charge is 0.259 e. The van der Waals surface area contributed by atoms with Gasteiger partial charge in [0.15, 0.2) is 0 Å². The number of halogens is 1. The lowest BCUT2D eigenvalue weighted by atomic mass is 10.0. The van der Waals surface area contributed by atoms with Crippen molar-refractivity contribution in [3.63, 3.8) is 0 Å². The van der Waals surface area contributed by atoms with Crippen LogP contribution in [0.4, 0.5) is 5.69 Å². The molecule has 5 rings (SSSR count). The number of hydrogen-bond acceptors (Lipinski definition) is 3. The van der Waals surface area contributed by atoms with Crippen molar-refractivity contribution in [1.29, 1.82) is 0 Å². The van der Waals surface area contributed by atoms with Gasteiger partial charge in [-0.3, -0.25) is 19.3 Å². The van der Waals surface area contributed by atoms with Gasteiger partial charge in [0.2, 0.25) is 11.8 Å². The Labute approximate surface area is 239 Å². The lowest BCUT2D eigenvalue weighted by Crippen LogP contribution is -2.54. The van der Waals surface area contributed by atoms with E-state index in [4.69, 9.17) is 11.6 Å². The van der Waals surface area contributed by atoms with E-state index in [1.54, 1.807) is 23.1 Å². The Balaban J connectivity index is 1.51. The second-order valence-electron chi connectivity index (χ2n) is 10.2. The Morgan fingerprint density at radius 1 is 0.925 bits per heavy atom. The second-order valence-corrected chi connectivity index (χ2v) is 10.7. The number of benzene rings is 4. The second kappa shape index (κ2) is 11.9. The lowest BCUT2D eigenvalue weighted by Gasteiger charge is -2.33. The van der Waals surface area contributed by atoms with Gasteiger partial charge in [-0.15, -0.1) is 0 Å². The third-order valence-electron chi connectivity index (χ3n) is 7.46. The van der Waals surface area contributed by atoms with Gasteiger partial charge >= 0.3 is 0 Å². The summed E-state index contributed by atoms with van der Waals surface area (Å²) in [7, 11) is 0. The molecule has 4 aromatic carbocycles. The van der Waals surface area contributed by atoms with Crippen LogP contribution in [0, 0.1) is 0 Å². The van der Waals surface area contributed by atoms with Crippen LogP contribution in [0.5, 0.6) is 0 Å². The van der Waals surface area contributed by atoms with Crippen LogP contribution in [-0.2, 0) is 22.6 Å². The number of hydrogen-bond donors (Lipinski definition) is 1. The zero-order chi connectivity index (χ0) is 28.2. The summed E-state index contributed by atoms with van der Waals surface area (Å²) >= 11 is 6.29. The maximum absolute atomic E-state index is 14.2. The molecule has 0 spiro atoms. The number of rotatable bonds is 10. The molecule has 7 heteroatoms. The topological polar surface area (TPSA) is 69.7 Å². The number of carbonyl (C=O) groups is 3. The fraction of sp³-hybridized carbons (Fsp3) is 0.242. The van der Waals surface area contributed by atoms with Crippen molar-refractivity contribution < 1.29 is 14.4 Å². The van der Waals surface area contributed by atoms with Crippen LogP contribution in [0.15, 0.2) is 91.0 Å². The van der Waals surface area contributed by atoms with E-state index in [9.17, 15) is 14.4 Å². The maximum Gasteiger partial charge on any atom is 0.259 e. The molecule has 4 aromatic rings. The molecule has 0 aliphatic carbocycles. The minimum Gasteiger partial charge on any atom is -0.352 e. The molecule has 0 fully saturated rings. The number of carbonyl (C=O) groups excluding carboxylic acids is 3. The average Bonchev–Trinajstić information content (AvgIpc) is 3.23. The highest BCUT2D eigenvalue weighted by atomic mass is 35.5. The molecule has 2 atom stereocenters. The number of nitrogens with zero attached hydrogens (tertiary/aromatic N) is 2. The Bertz CT molecular complexity index is 1550. The molecule has 204 valence electrons. The monoisotopic (exact) mass is 553 g/mol. The zero-order valence-electron chi connectivity index (χ0n) is 22.6. The Kier molecular flexibility index (Phi) is 8.17. The van der Waals surface area contributed by atoms with Crippen molar-refractivity contribution in [2.24, 2.45) is 0 Å². The van der Waals surface area contributed by atoms with Crippen molar-refractivity contribution in [3.05, 3.63) is 113 Å². The fourth-order valence-electron chi connectivity index (χ4n) is 5.19. The van der Waals surface area contributed by atoms with Crippen molar-refractivity contribution in [1.82, 2.24) is 10.2 Å². The van der Waals surface area contributed by atoms with Crippen LogP contribution in [-0.4, -0.2) is 41.2 Å². The molecule has 0 saturated heterocycles. The van der Waals surface area contributed by atoms with E-state index >= 15 is 0 Å². The van der Waals surface area contributed by atoms with Gasteiger partial charge < -0.3 is 10.2 Å². The van der Waals surface area contributed by atoms with Crippen molar-refractivity contribution >= 4 is 45.8 Å². The first-order chi connectivity index (χ1) is 19.4. The Hall–Kier alpha value is -4.16. The fourth-order valence-corrected chi connectivity index (χ4v) is 5.40. The summed E-state index contributed by atoms with van der Waals surface area (Å²) in [6, 6.07) is 27.4. The molecule has 1 heterocycles. The van der Waals surface area contributed by atoms with E-state index in [0.29, 0.717) is 22.7 Å². The summed E-state index contributed by atoms with van der Waals surface area (Å²) in [5.41, 5.74) is 3.02. The summed E-state index contributed by atoms with van der Waals surface area (Å²) in [5.74, 6) is -0.767. The minimum atomic E-state index is -0.793. The number of amides is 3. The normalized spacial score (nSPS) is 13.8. The summed E-state index contributed by atoms with van der Waals surface area (Å²) in [5, 5.41) is 5.42. The molecule has 3 amide bonds. The van der Waals surface area contributed by atoms with Crippen LogP contribution < -0.4 is 10.2 Å². The Morgan fingerprint density at radius 2 is 1.62 bits per heavy atom. The largest absolute Gasteiger partial charge is 0.352 e. The molecule has 1 aliphatic rings. The van der Waals surface area contributed by atoms with Gasteiger partial charge in [0.1, 0.15) is 12.6 Å². The third kappa shape index (κ3) is 5.73. The van der Waals surface area contributed by atoms with Gasteiger partial charge in [-0.1, -0.05) is 85.3 Å². The van der Waals surface area contributed by atoms with E-state index in [1.165, 1.54) is 4.90 Å². The van der Waals surface area contributed by atoms with E-state index < -0.39 is 6.04 Å². The van der Waals surface area contributed by atoms with Crippen LogP contribution in [0.3, 0.4) is 0 Å². The molecule has 0 bridgehead atoms. The highest BCUT2D eigenvalue weighted by Crippen LogP contribution is 2.37. The standard InChI is InChI=1S/C33H32ClN3O3/c1-3-22(2)35-32(39)29(19-23-10-5-4-6-11-23)36(20-24-12-7-15-26(34)18-24)30(38)21-37-28-17-9-14-25-13-8-16-27(31(25)28)33(37)40/h4-18,22,29H,3,19-21H2,1-2H3,(H,35,39)/t22-,29+/m0/s1. The molecular formula is C33H32ClN3O3. The van der Waals surface area contributed by atoms with Gasteiger partial charge in [0, 0.05) is 35.0 Å². The van der Waals surface area contributed by atoms with Gasteiger partial charge in [0.05, 0.1) is 5.69 Å². The number of nitrogens with one attached hydrogen (secondary N) is 1. The molecule has 40 heavy (non-hydrogen) atoms. The number of anilines is 1. The van der Waals surface area contributed by atoms with Crippen molar-refractivity contribution in [2.45, 2.75) is 45.3 Å². The molecule has 6 nitrogen and oxygen atoms in total. The van der Waals surface area contributed by atoms with Crippen molar-refractivity contribution in [2.75, 3.05) is 11.4 Å². The van der Waals surface area contributed by atoms with Gasteiger partial charge in [0.25, 0.3) is 5.91 Å². The van der Waals surface area contributed by atoms with E-state index in [0.717, 1.165) is 28.3 Å². The van der Waals surface area contributed by atoms with Gasteiger partial charge in [-0.2, -0.15) is 0 Å². The van der Waals surface area contributed by atoms with Crippen LogP contribution in [0.25, 0.3) is 10.8 Å². The Morgan fingerprint density at radius 3 is 2.35 bits per heavy atom. The SMILES string of the molecule is CC[C@H](C)NC(=O)[C@@H](Cc1ccccc1)N(Cc1cccc(Cl)c1)C(=O)CN1C(=O)c2cccc3cccc1c23. The minimum absolute atomic E-state index is 0.0545. The summed E-state index contributed by atoms with van der Waals surface area (Å²) in [6.45, 7) is 3.93. The molecule has 0 unspecified atom stereocenters. The predicted molar refractivity (Wildman–Crippen MR) is 159 cm³/mol. The molecule has 1 aliphatic heterocycles. The zero-order valence-corrected chi connectivity index (χ0v) is 23.4. The first-order valence-corrected chi connectivity index (χ1v) is 13.9. The van der Waals surface area contributed by atoms with Crippen LogP contribution >= 0.6 is 11.6 Å². The molecule has 1 N–H and O–H groups in total. The quantitative estimate of drug-likeness (QED) is 0.261. The van der Waals surface area contributed by atoms with Crippen molar-refractivity contribution in [3.8, 4) is 0 Å². The predicted octanol–water partition coefficient (Wildman–Crippen LogP) is 6.01. The highest BCUT2D eigenvalue weighted by Gasteiger charge is 2.36. The van der Waals surface area contributed by atoms with Gasteiger partial charge in [-0.25, -0.2) is 0 Å². The summed E-state index contributed by atoms with van der Waals surface area (Å²) in [4.78, 5) is 44.5. The summed E-state index contributed by atoms with van der Waals surface area (Å²) < 4.78 is 0. The van der Waals surface area contributed by atoms with Gasteiger partial charge in [-0.05, 0) is 54.1 Å². The molecule has 0 radical (unpaired) electrons. The third-order valence-corrected chi connectivity index (χ3v) is 7.69. The first-order valence-electron chi connectivity index (χ1n) is 13.6. The summed E-state index contributed by atoms with van der Waals surface area (Å²) in [6.07, 6.45) is 1.09. The molecule has 0 saturated carbocycles. The highest BCUT2D eigenvalue weighted by molar-refractivity contribution is 6.30. The van der Waals surface area contributed by atoms with E-state index in [1.807, 2.05) is 86.6 Å². The van der Waals surface area contributed by atoms with E-state index in [-0.39, 0.29) is 36.9 Å². The van der Waals surface area contributed by atoms with Crippen LogP contribution in [0.2, 0.25) is 5.02 Å². The average molecular weight is 554 g/mol. The molecular weight excluding hydrogens is 522 g/mol. The first kappa shape index (κ1) is 27.4. The van der Waals surface area contributed by atoms with E-state index in [2.05, 4.69) is 5.32 Å². The molecule has 0 aromatic heterocycles.